The van der Waals surface area contributed by atoms with Crippen molar-refractivity contribution in [3.63, 3.8) is 0 Å². The van der Waals surface area contributed by atoms with Gasteiger partial charge in [0, 0.05) is 6.04 Å². The normalized spacial score (nSPS) is 22.7. The van der Waals surface area contributed by atoms with E-state index in [9.17, 15) is 5.11 Å². The van der Waals surface area contributed by atoms with Gasteiger partial charge in [-0.05, 0) is 31.6 Å². The van der Waals surface area contributed by atoms with Gasteiger partial charge in [0.2, 0.25) is 5.88 Å². The molecule has 0 radical (unpaired) electrons. The summed E-state index contributed by atoms with van der Waals surface area (Å²) in [4.78, 5) is 5.52. The third-order valence-corrected chi connectivity index (χ3v) is 6.18. The molecule has 2 N–H and O–H groups in total. The molecule has 2 saturated carbocycles. The van der Waals surface area contributed by atoms with Crippen LogP contribution in [0.5, 0.6) is 5.88 Å². The predicted octanol–water partition coefficient (Wildman–Crippen LogP) is 5.42. The van der Waals surface area contributed by atoms with Crippen molar-refractivity contribution in [3.05, 3.63) is 4.88 Å². The minimum absolute atomic E-state index is 0.292. The fraction of sp³-hybridized carbons (Fsp3) is 0.824. The zero-order valence-corrected chi connectivity index (χ0v) is 13.8. The summed E-state index contributed by atoms with van der Waals surface area (Å²) >= 11 is 1.70. The number of anilines is 1. The molecule has 0 saturated heterocycles. The molecular weight excluding hydrogens is 280 g/mol. The molecule has 1 heterocycles. The van der Waals surface area contributed by atoms with Crippen LogP contribution in [0.25, 0.3) is 0 Å². The summed E-state index contributed by atoms with van der Waals surface area (Å²) in [7, 11) is 0. The molecule has 2 fully saturated rings. The Balaban J connectivity index is 1.62. The fourth-order valence-electron chi connectivity index (χ4n) is 3.79. The SMILES string of the molecule is Oc1nc(NC2CCCCCCC2)sc1C1CCCCC1. The van der Waals surface area contributed by atoms with E-state index in [0.717, 1.165) is 10.0 Å². The largest absolute Gasteiger partial charge is 0.492 e. The molecule has 0 bridgehead atoms. The molecule has 3 rings (SSSR count). The standard InChI is InChI=1S/C17H28N2OS/c20-16-15(13-9-5-4-6-10-13)21-17(19-16)18-14-11-7-2-1-3-8-12-14/h13-14,20H,1-12H2,(H,18,19). The van der Waals surface area contributed by atoms with Gasteiger partial charge in [0.15, 0.2) is 5.13 Å². The Bertz CT molecular complexity index is 432. The topological polar surface area (TPSA) is 45.2 Å². The van der Waals surface area contributed by atoms with Gasteiger partial charge in [-0.15, -0.1) is 0 Å². The van der Waals surface area contributed by atoms with Gasteiger partial charge >= 0.3 is 0 Å². The quantitative estimate of drug-likeness (QED) is 0.783. The van der Waals surface area contributed by atoms with Crippen LogP contribution in [0.15, 0.2) is 0 Å². The molecule has 21 heavy (non-hydrogen) atoms. The highest BCUT2D eigenvalue weighted by Gasteiger charge is 2.23. The van der Waals surface area contributed by atoms with Gasteiger partial charge in [0.05, 0.1) is 4.88 Å². The van der Waals surface area contributed by atoms with Crippen molar-refractivity contribution in [3.8, 4) is 5.88 Å². The zero-order valence-electron chi connectivity index (χ0n) is 12.9. The van der Waals surface area contributed by atoms with Crippen molar-refractivity contribution in [2.75, 3.05) is 5.32 Å². The van der Waals surface area contributed by atoms with Gasteiger partial charge in [-0.2, -0.15) is 4.98 Å². The Morgan fingerprint density at radius 1 is 0.857 bits per heavy atom. The minimum atomic E-state index is 0.292. The lowest BCUT2D eigenvalue weighted by atomic mass is 9.88. The highest BCUT2D eigenvalue weighted by Crippen LogP contribution is 2.42. The lowest BCUT2D eigenvalue weighted by Gasteiger charge is -2.21. The Kier molecular flexibility index (Phi) is 5.39. The van der Waals surface area contributed by atoms with Crippen molar-refractivity contribution in [2.45, 2.75) is 89.0 Å². The van der Waals surface area contributed by atoms with E-state index in [1.807, 2.05) is 0 Å². The third kappa shape index (κ3) is 4.12. The molecule has 0 aliphatic heterocycles. The van der Waals surface area contributed by atoms with Crippen LogP contribution in [0, 0.1) is 0 Å². The Morgan fingerprint density at radius 2 is 1.43 bits per heavy atom. The van der Waals surface area contributed by atoms with Crippen LogP contribution in [0.3, 0.4) is 0 Å². The van der Waals surface area contributed by atoms with E-state index in [1.165, 1.54) is 77.0 Å². The number of rotatable bonds is 3. The number of aromatic nitrogens is 1. The van der Waals surface area contributed by atoms with Crippen molar-refractivity contribution < 1.29 is 5.11 Å². The third-order valence-electron chi connectivity index (χ3n) is 5.04. The molecule has 1 aromatic rings. The minimum Gasteiger partial charge on any atom is -0.492 e. The summed E-state index contributed by atoms with van der Waals surface area (Å²) in [5.74, 6) is 0.837. The van der Waals surface area contributed by atoms with Crippen LogP contribution < -0.4 is 5.32 Å². The second kappa shape index (κ2) is 7.48. The van der Waals surface area contributed by atoms with Crippen LogP contribution in [0.4, 0.5) is 5.13 Å². The number of nitrogens with zero attached hydrogens (tertiary/aromatic N) is 1. The fourth-order valence-corrected chi connectivity index (χ4v) is 4.90. The van der Waals surface area contributed by atoms with E-state index in [0.29, 0.717) is 17.8 Å². The van der Waals surface area contributed by atoms with Crippen molar-refractivity contribution in [1.29, 1.82) is 0 Å². The summed E-state index contributed by atoms with van der Waals surface area (Å²) in [6, 6.07) is 0.551. The lowest BCUT2D eigenvalue weighted by Crippen LogP contribution is -2.20. The van der Waals surface area contributed by atoms with Gasteiger partial charge in [-0.25, -0.2) is 0 Å². The number of nitrogens with one attached hydrogen (secondary N) is 1. The summed E-state index contributed by atoms with van der Waals surface area (Å²) < 4.78 is 0. The number of hydrogen-bond acceptors (Lipinski definition) is 4. The number of hydrogen-bond donors (Lipinski definition) is 2. The molecule has 0 amide bonds. The maximum atomic E-state index is 10.2. The lowest BCUT2D eigenvalue weighted by molar-refractivity contribution is 0.411. The highest BCUT2D eigenvalue weighted by molar-refractivity contribution is 7.16. The number of aromatic hydroxyl groups is 1. The summed E-state index contributed by atoms with van der Waals surface area (Å²) in [5, 5.41) is 14.7. The van der Waals surface area contributed by atoms with E-state index in [4.69, 9.17) is 0 Å². The first-order chi connectivity index (χ1) is 10.3. The second-order valence-electron chi connectivity index (χ2n) is 6.73. The highest BCUT2D eigenvalue weighted by atomic mass is 32.1. The average molecular weight is 308 g/mol. The van der Waals surface area contributed by atoms with Crippen molar-refractivity contribution in [2.24, 2.45) is 0 Å². The molecule has 3 nitrogen and oxygen atoms in total. The van der Waals surface area contributed by atoms with Gasteiger partial charge in [0.25, 0.3) is 0 Å². The molecule has 1 aromatic heterocycles. The van der Waals surface area contributed by atoms with Gasteiger partial charge in [0.1, 0.15) is 0 Å². The monoisotopic (exact) mass is 308 g/mol. The predicted molar refractivity (Wildman–Crippen MR) is 89.3 cm³/mol. The van der Waals surface area contributed by atoms with Crippen LogP contribution >= 0.6 is 11.3 Å². The van der Waals surface area contributed by atoms with Crippen LogP contribution in [0.2, 0.25) is 0 Å². The van der Waals surface area contributed by atoms with Crippen LogP contribution in [0.1, 0.15) is 87.8 Å². The summed E-state index contributed by atoms with van der Waals surface area (Å²) in [6.45, 7) is 0. The first kappa shape index (κ1) is 15.1. The van der Waals surface area contributed by atoms with Gasteiger partial charge in [-0.1, -0.05) is 62.7 Å². The van der Waals surface area contributed by atoms with Crippen molar-refractivity contribution in [1.82, 2.24) is 4.98 Å². The first-order valence-corrected chi connectivity index (χ1v) is 9.61. The molecule has 4 heteroatoms. The summed E-state index contributed by atoms with van der Waals surface area (Å²) in [5.41, 5.74) is 0. The zero-order chi connectivity index (χ0) is 14.5. The first-order valence-electron chi connectivity index (χ1n) is 8.79. The molecule has 0 spiro atoms. The Morgan fingerprint density at radius 3 is 2.14 bits per heavy atom. The van der Waals surface area contributed by atoms with E-state index in [-0.39, 0.29) is 0 Å². The molecule has 118 valence electrons. The van der Waals surface area contributed by atoms with E-state index in [1.54, 1.807) is 11.3 Å². The van der Waals surface area contributed by atoms with Gasteiger partial charge in [-0.3, -0.25) is 0 Å². The average Bonchev–Trinajstić information content (AvgIpc) is 2.83. The maximum Gasteiger partial charge on any atom is 0.227 e. The molecule has 2 aliphatic rings. The van der Waals surface area contributed by atoms with E-state index < -0.39 is 0 Å². The molecule has 0 unspecified atom stereocenters. The summed E-state index contributed by atoms with van der Waals surface area (Å²) in [6.07, 6.45) is 15.7. The Labute approximate surface area is 132 Å². The molecule has 0 aromatic carbocycles. The maximum absolute atomic E-state index is 10.2. The Hall–Kier alpha value is -0.770. The molecule has 2 aliphatic carbocycles. The van der Waals surface area contributed by atoms with Crippen molar-refractivity contribution >= 4 is 16.5 Å². The molecular formula is C17H28N2OS. The number of thiazole rings is 1. The van der Waals surface area contributed by atoms with Crippen LogP contribution in [-0.4, -0.2) is 16.1 Å². The van der Waals surface area contributed by atoms with E-state index in [2.05, 4.69) is 10.3 Å². The molecule has 0 atom stereocenters. The second-order valence-corrected chi connectivity index (χ2v) is 7.76. The smallest absolute Gasteiger partial charge is 0.227 e. The van der Waals surface area contributed by atoms with E-state index >= 15 is 0 Å². The van der Waals surface area contributed by atoms with Gasteiger partial charge < -0.3 is 10.4 Å². The van der Waals surface area contributed by atoms with Crippen LogP contribution in [-0.2, 0) is 0 Å².